The molecule has 13 heavy (non-hydrogen) atoms. The minimum Gasteiger partial charge on any atom is -0.461 e. The van der Waals surface area contributed by atoms with Crippen molar-refractivity contribution in [1.82, 2.24) is 0 Å². The van der Waals surface area contributed by atoms with Crippen LogP contribution in [0.1, 0.15) is 32.1 Å². The normalized spacial score (nSPS) is 20.7. The highest BCUT2D eigenvalue weighted by atomic mass is 127. The van der Waals surface area contributed by atoms with E-state index >= 15 is 0 Å². The summed E-state index contributed by atoms with van der Waals surface area (Å²) in [7, 11) is 0. The van der Waals surface area contributed by atoms with Gasteiger partial charge in [0.05, 0.1) is 0 Å². The maximum Gasteiger partial charge on any atom is 0.326 e. The minimum atomic E-state index is -0.639. The zero-order chi connectivity index (χ0) is 9.68. The number of esters is 1. The van der Waals surface area contributed by atoms with Crippen molar-refractivity contribution in [3.8, 4) is 0 Å². The van der Waals surface area contributed by atoms with Crippen molar-refractivity contribution < 1.29 is 14.3 Å². The zero-order valence-electron chi connectivity index (χ0n) is 7.37. The van der Waals surface area contributed by atoms with Crippen LogP contribution in [-0.4, -0.2) is 22.3 Å². The van der Waals surface area contributed by atoms with Crippen LogP contribution < -0.4 is 0 Å². The van der Waals surface area contributed by atoms with Gasteiger partial charge in [-0.15, -0.1) is 0 Å². The molecule has 0 heterocycles. The van der Waals surface area contributed by atoms with Crippen LogP contribution in [0.3, 0.4) is 0 Å². The molecule has 0 spiro atoms. The summed E-state index contributed by atoms with van der Waals surface area (Å²) in [5.41, 5.74) is 0. The third-order valence-electron chi connectivity index (χ3n) is 2.18. The summed E-state index contributed by atoms with van der Waals surface area (Å²) in [4.78, 5) is 21.5. The fourth-order valence-electron chi connectivity index (χ4n) is 1.47. The fourth-order valence-corrected chi connectivity index (χ4v) is 1.61. The topological polar surface area (TPSA) is 43.4 Å². The van der Waals surface area contributed by atoms with E-state index in [1.165, 1.54) is 6.42 Å². The summed E-state index contributed by atoms with van der Waals surface area (Å²) in [5, 5.41) is 0. The zero-order valence-corrected chi connectivity index (χ0v) is 9.53. The highest BCUT2D eigenvalue weighted by Crippen LogP contribution is 2.21. The Morgan fingerprint density at radius 3 is 2.54 bits per heavy atom. The van der Waals surface area contributed by atoms with Crippen LogP contribution in [0.4, 0.5) is 0 Å². The predicted octanol–water partition coefficient (Wildman–Crippen LogP) is 1.86. The lowest BCUT2D eigenvalue weighted by Gasteiger charge is -2.22. The lowest BCUT2D eigenvalue weighted by molar-refractivity contribution is -0.149. The molecule has 0 aliphatic heterocycles. The average molecular weight is 296 g/mol. The van der Waals surface area contributed by atoms with Crippen molar-refractivity contribution >= 4 is 34.8 Å². The van der Waals surface area contributed by atoms with Gasteiger partial charge in [0.15, 0.2) is 3.92 Å². The van der Waals surface area contributed by atoms with Crippen LogP contribution in [0.25, 0.3) is 0 Å². The van der Waals surface area contributed by atoms with E-state index in [0.717, 1.165) is 25.7 Å². The molecular weight excluding hydrogens is 283 g/mol. The minimum absolute atomic E-state index is 0.0541. The standard InChI is InChI=1S/C9H13IO3/c10-8(6-11)9(12)13-7-4-2-1-3-5-7/h6-8H,1-5H2. The van der Waals surface area contributed by atoms with E-state index in [1.54, 1.807) is 22.6 Å². The Morgan fingerprint density at radius 2 is 2.00 bits per heavy atom. The molecule has 0 aromatic heterocycles. The molecule has 1 saturated carbocycles. The van der Waals surface area contributed by atoms with Crippen molar-refractivity contribution in [3.05, 3.63) is 0 Å². The number of aldehydes is 1. The number of rotatable bonds is 3. The van der Waals surface area contributed by atoms with Gasteiger partial charge in [0, 0.05) is 0 Å². The van der Waals surface area contributed by atoms with E-state index in [0.29, 0.717) is 6.29 Å². The Hall–Kier alpha value is -0.130. The second-order valence-electron chi connectivity index (χ2n) is 3.23. The van der Waals surface area contributed by atoms with E-state index in [2.05, 4.69) is 0 Å². The number of hydrogen-bond acceptors (Lipinski definition) is 3. The molecule has 1 fully saturated rings. The summed E-state index contributed by atoms with van der Waals surface area (Å²) in [6, 6.07) is 0. The van der Waals surface area contributed by atoms with Gasteiger partial charge < -0.3 is 9.53 Å². The molecule has 0 aromatic carbocycles. The molecule has 1 atom stereocenters. The first-order valence-corrected chi connectivity index (χ1v) is 5.78. The molecule has 1 unspecified atom stereocenters. The molecule has 4 heteroatoms. The van der Waals surface area contributed by atoms with Crippen molar-refractivity contribution in [2.24, 2.45) is 0 Å². The quantitative estimate of drug-likeness (QED) is 0.262. The summed E-state index contributed by atoms with van der Waals surface area (Å²) >= 11 is 1.79. The Bertz CT molecular complexity index is 187. The molecule has 0 saturated heterocycles. The van der Waals surface area contributed by atoms with Crippen LogP contribution in [0.15, 0.2) is 0 Å². The lowest BCUT2D eigenvalue weighted by Crippen LogP contribution is -2.26. The molecule has 0 aromatic rings. The van der Waals surface area contributed by atoms with Gasteiger partial charge in [0.1, 0.15) is 12.4 Å². The van der Waals surface area contributed by atoms with E-state index < -0.39 is 3.92 Å². The summed E-state index contributed by atoms with van der Waals surface area (Å²) < 4.78 is 4.53. The first kappa shape index (κ1) is 10.9. The lowest BCUT2D eigenvalue weighted by atomic mass is 9.98. The molecule has 74 valence electrons. The molecule has 0 bridgehead atoms. The number of hydrogen-bond donors (Lipinski definition) is 0. The van der Waals surface area contributed by atoms with Crippen molar-refractivity contribution in [3.63, 3.8) is 0 Å². The van der Waals surface area contributed by atoms with E-state index in [4.69, 9.17) is 4.74 Å². The third kappa shape index (κ3) is 3.62. The largest absolute Gasteiger partial charge is 0.461 e. The smallest absolute Gasteiger partial charge is 0.326 e. The molecular formula is C9H13IO3. The van der Waals surface area contributed by atoms with E-state index in [9.17, 15) is 9.59 Å². The first-order valence-electron chi connectivity index (χ1n) is 4.54. The van der Waals surface area contributed by atoms with Crippen LogP contribution in [0.5, 0.6) is 0 Å². The van der Waals surface area contributed by atoms with Gasteiger partial charge in [-0.25, -0.2) is 0 Å². The number of ether oxygens (including phenoxy) is 1. The highest BCUT2D eigenvalue weighted by Gasteiger charge is 2.21. The monoisotopic (exact) mass is 296 g/mol. The maximum atomic E-state index is 11.2. The summed E-state index contributed by atoms with van der Waals surface area (Å²) in [6.07, 6.45) is 6.07. The SMILES string of the molecule is O=CC(I)C(=O)OC1CCCCC1. The van der Waals surface area contributed by atoms with Gasteiger partial charge in [-0.05, 0) is 25.7 Å². The number of alkyl halides is 1. The van der Waals surface area contributed by atoms with Gasteiger partial charge in [-0.2, -0.15) is 0 Å². The van der Waals surface area contributed by atoms with Gasteiger partial charge in [-0.1, -0.05) is 29.0 Å². The van der Waals surface area contributed by atoms with Crippen LogP contribution in [-0.2, 0) is 14.3 Å². The van der Waals surface area contributed by atoms with Crippen LogP contribution in [0.2, 0.25) is 0 Å². The molecule has 1 rings (SSSR count). The van der Waals surface area contributed by atoms with Crippen molar-refractivity contribution in [1.29, 1.82) is 0 Å². The van der Waals surface area contributed by atoms with Crippen molar-refractivity contribution in [2.75, 3.05) is 0 Å². The first-order chi connectivity index (χ1) is 6.24. The van der Waals surface area contributed by atoms with Gasteiger partial charge in [0.25, 0.3) is 0 Å². The Labute approximate surface area is 91.4 Å². The summed E-state index contributed by atoms with van der Waals surface area (Å²) in [6.45, 7) is 0. The Morgan fingerprint density at radius 1 is 1.38 bits per heavy atom. The Balaban J connectivity index is 2.29. The number of carbonyl (C=O) groups excluding carboxylic acids is 2. The van der Waals surface area contributed by atoms with Gasteiger partial charge >= 0.3 is 5.97 Å². The average Bonchev–Trinajstić information content (AvgIpc) is 2.18. The number of halogens is 1. The second kappa shape index (κ2) is 5.57. The molecule has 1 aliphatic rings. The maximum absolute atomic E-state index is 11.2. The third-order valence-corrected chi connectivity index (χ3v) is 2.98. The van der Waals surface area contributed by atoms with Crippen LogP contribution >= 0.6 is 22.6 Å². The fraction of sp³-hybridized carbons (Fsp3) is 0.778. The van der Waals surface area contributed by atoms with Crippen molar-refractivity contribution in [2.45, 2.75) is 42.1 Å². The summed E-state index contributed by atoms with van der Waals surface area (Å²) in [5.74, 6) is -0.387. The molecule has 0 amide bonds. The van der Waals surface area contributed by atoms with Crippen LogP contribution in [0, 0.1) is 0 Å². The van der Waals surface area contributed by atoms with Gasteiger partial charge in [-0.3, -0.25) is 4.79 Å². The highest BCUT2D eigenvalue weighted by molar-refractivity contribution is 14.1. The molecule has 0 radical (unpaired) electrons. The van der Waals surface area contributed by atoms with E-state index in [-0.39, 0.29) is 12.1 Å². The predicted molar refractivity (Wildman–Crippen MR) is 56.8 cm³/mol. The molecule has 0 N–H and O–H groups in total. The Kier molecular flexibility index (Phi) is 4.69. The number of carbonyl (C=O) groups is 2. The van der Waals surface area contributed by atoms with Gasteiger partial charge in [0.2, 0.25) is 0 Å². The second-order valence-corrected chi connectivity index (χ2v) is 4.58. The molecule has 3 nitrogen and oxygen atoms in total. The van der Waals surface area contributed by atoms with E-state index in [1.807, 2.05) is 0 Å². The molecule has 1 aliphatic carbocycles.